The van der Waals surface area contributed by atoms with Crippen LogP contribution in [0.15, 0.2) is 0 Å². The van der Waals surface area contributed by atoms with Crippen LogP contribution in [0, 0.1) is 34.5 Å². The van der Waals surface area contributed by atoms with Crippen LogP contribution in [0.2, 0.25) is 0 Å². The second kappa shape index (κ2) is 14.0. The third-order valence-corrected chi connectivity index (χ3v) is 6.58. The summed E-state index contributed by atoms with van der Waals surface area (Å²) in [6.45, 7) is 0. The van der Waals surface area contributed by atoms with E-state index in [4.69, 9.17) is 20.4 Å². The SMILES string of the molecule is C1CCC(C(C2CCCCC2)C2CCCCC2)CC1.N=C=O.N=C=O. The second-order valence-electron chi connectivity index (χ2n) is 7.98. The van der Waals surface area contributed by atoms with Crippen LogP contribution in [0.5, 0.6) is 0 Å². The van der Waals surface area contributed by atoms with Crippen LogP contribution in [-0.2, 0) is 9.59 Å². The minimum Gasteiger partial charge on any atom is -0.222 e. The van der Waals surface area contributed by atoms with Crippen molar-refractivity contribution in [2.75, 3.05) is 0 Å². The minimum atomic E-state index is 0.750. The van der Waals surface area contributed by atoms with Crippen LogP contribution < -0.4 is 0 Å². The van der Waals surface area contributed by atoms with E-state index in [9.17, 15) is 0 Å². The summed E-state index contributed by atoms with van der Waals surface area (Å²) in [5.74, 6) is 4.51. The van der Waals surface area contributed by atoms with Gasteiger partial charge >= 0.3 is 0 Å². The van der Waals surface area contributed by atoms with Gasteiger partial charge in [-0.15, -0.1) is 0 Å². The zero-order chi connectivity index (χ0) is 18.3. The summed E-state index contributed by atoms with van der Waals surface area (Å²) in [5.41, 5.74) is 0. The molecule has 3 fully saturated rings. The Morgan fingerprint density at radius 3 is 0.920 bits per heavy atom. The summed E-state index contributed by atoms with van der Waals surface area (Å²) in [5, 5.41) is 10.8. The van der Waals surface area contributed by atoms with E-state index in [0.29, 0.717) is 0 Å². The van der Waals surface area contributed by atoms with Gasteiger partial charge in [0.25, 0.3) is 0 Å². The first-order valence-electron chi connectivity index (χ1n) is 10.4. The first-order chi connectivity index (χ1) is 12.3. The maximum Gasteiger partial charge on any atom is 0.231 e. The van der Waals surface area contributed by atoms with Crippen molar-refractivity contribution in [3.05, 3.63) is 0 Å². The number of hydrogen-bond donors (Lipinski definition) is 2. The Labute approximate surface area is 153 Å². The summed E-state index contributed by atoms with van der Waals surface area (Å²) in [6.07, 6.45) is 24.8. The predicted octanol–water partition coefficient (Wildman–Crippen LogP) is 6.15. The Kier molecular flexibility index (Phi) is 12.2. The lowest BCUT2D eigenvalue weighted by Crippen LogP contribution is -2.34. The number of carbonyl (C=O) groups excluding carboxylic acids is 2. The van der Waals surface area contributed by atoms with Crippen LogP contribution >= 0.6 is 0 Å². The first kappa shape index (κ1) is 21.8. The molecule has 0 saturated heterocycles. The average Bonchev–Trinajstić information content (AvgIpc) is 2.66. The van der Waals surface area contributed by atoms with E-state index in [0.717, 1.165) is 35.8 Å². The third kappa shape index (κ3) is 8.12. The van der Waals surface area contributed by atoms with E-state index in [1.54, 1.807) is 77.0 Å². The molecule has 25 heavy (non-hydrogen) atoms. The monoisotopic (exact) mass is 348 g/mol. The topological polar surface area (TPSA) is 81.8 Å². The van der Waals surface area contributed by atoms with Gasteiger partial charge in [0.15, 0.2) is 0 Å². The first-order valence-corrected chi connectivity index (χ1v) is 10.4. The summed E-state index contributed by atoms with van der Waals surface area (Å²) < 4.78 is 0. The molecule has 3 rings (SSSR count). The maximum absolute atomic E-state index is 8.35. The van der Waals surface area contributed by atoms with Crippen LogP contribution in [-0.4, -0.2) is 12.2 Å². The molecule has 0 heterocycles. The highest BCUT2D eigenvalue weighted by Crippen LogP contribution is 2.47. The van der Waals surface area contributed by atoms with Crippen molar-refractivity contribution in [3.8, 4) is 0 Å². The number of nitrogens with one attached hydrogen (secondary N) is 2. The normalized spacial score (nSPS) is 22.6. The lowest BCUT2D eigenvalue weighted by molar-refractivity contribution is 0.0673. The fourth-order valence-corrected chi connectivity index (χ4v) is 5.71. The average molecular weight is 349 g/mol. The molecule has 0 atom stereocenters. The molecule has 0 aliphatic heterocycles. The molecule has 4 heteroatoms. The molecular weight excluding hydrogens is 312 g/mol. The van der Waals surface area contributed by atoms with Gasteiger partial charge in [0.2, 0.25) is 12.2 Å². The third-order valence-electron chi connectivity index (χ3n) is 6.58. The van der Waals surface area contributed by atoms with Crippen molar-refractivity contribution in [3.63, 3.8) is 0 Å². The van der Waals surface area contributed by atoms with Gasteiger partial charge < -0.3 is 0 Å². The lowest BCUT2D eigenvalue weighted by atomic mass is 9.62. The van der Waals surface area contributed by atoms with Crippen molar-refractivity contribution in [1.29, 1.82) is 10.8 Å². The fourth-order valence-electron chi connectivity index (χ4n) is 5.71. The molecule has 0 aromatic rings. The van der Waals surface area contributed by atoms with E-state index in [1.807, 2.05) is 0 Å². The standard InChI is InChI=1S/C19H34.2CHNO/c1-4-10-16(11-5-1)19(17-12-6-2-7-13-17)18-14-8-3-9-15-18;2*2-1-3/h16-19H,1-15H2;2*2H. The van der Waals surface area contributed by atoms with E-state index in [2.05, 4.69) is 0 Å². The van der Waals surface area contributed by atoms with Crippen molar-refractivity contribution in [2.24, 2.45) is 23.7 Å². The van der Waals surface area contributed by atoms with Crippen molar-refractivity contribution >= 4 is 12.2 Å². The Morgan fingerprint density at radius 1 is 0.520 bits per heavy atom. The Morgan fingerprint density at radius 2 is 0.720 bits per heavy atom. The molecule has 4 nitrogen and oxygen atoms in total. The number of rotatable bonds is 3. The van der Waals surface area contributed by atoms with Crippen molar-refractivity contribution in [2.45, 2.75) is 96.3 Å². The van der Waals surface area contributed by atoms with Crippen LogP contribution in [0.3, 0.4) is 0 Å². The fraction of sp³-hybridized carbons (Fsp3) is 0.905. The number of hydrogen-bond acceptors (Lipinski definition) is 4. The molecule has 0 aromatic carbocycles. The molecule has 0 amide bonds. The van der Waals surface area contributed by atoms with Crippen LogP contribution in [0.1, 0.15) is 96.3 Å². The van der Waals surface area contributed by atoms with Gasteiger partial charge in [-0.1, -0.05) is 96.3 Å². The van der Waals surface area contributed by atoms with Crippen LogP contribution in [0.25, 0.3) is 0 Å². The Hall–Kier alpha value is -1.24. The lowest BCUT2D eigenvalue weighted by Gasteiger charge is -2.44. The van der Waals surface area contributed by atoms with E-state index < -0.39 is 0 Å². The smallest absolute Gasteiger partial charge is 0.222 e. The van der Waals surface area contributed by atoms with Crippen molar-refractivity contribution in [1.82, 2.24) is 0 Å². The highest BCUT2D eigenvalue weighted by Gasteiger charge is 2.36. The van der Waals surface area contributed by atoms with Gasteiger partial charge in [-0.05, 0) is 23.7 Å². The molecule has 0 aromatic heterocycles. The van der Waals surface area contributed by atoms with Crippen LogP contribution in [0.4, 0.5) is 0 Å². The molecule has 3 aliphatic carbocycles. The zero-order valence-electron chi connectivity index (χ0n) is 15.7. The van der Waals surface area contributed by atoms with Gasteiger partial charge in [-0.2, -0.15) is 0 Å². The quantitative estimate of drug-likeness (QED) is 0.474. The largest absolute Gasteiger partial charge is 0.231 e. The summed E-state index contributed by atoms with van der Waals surface area (Å²) >= 11 is 0. The van der Waals surface area contributed by atoms with E-state index >= 15 is 0 Å². The molecule has 2 N–H and O–H groups in total. The summed E-state index contributed by atoms with van der Waals surface area (Å²) in [7, 11) is 0. The molecule has 142 valence electrons. The minimum absolute atomic E-state index is 0.750. The van der Waals surface area contributed by atoms with E-state index in [1.165, 1.54) is 19.3 Å². The van der Waals surface area contributed by atoms with Crippen molar-refractivity contribution < 1.29 is 9.59 Å². The van der Waals surface area contributed by atoms with Gasteiger partial charge in [0.05, 0.1) is 0 Å². The molecule has 3 aliphatic rings. The molecule has 0 spiro atoms. The summed E-state index contributed by atoms with van der Waals surface area (Å²) in [6, 6.07) is 0. The van der Waals surface area contributed by atoms with E-state index in [-0.39, 0.29) is 0 Å². The van der Waals surface area contributed by atoms with Gasteiger partial charge in [0.1, 0.15) is 0 Å². The predicted molar refractivity (Wildman–Crippen MR) is 100 cm³/mol. The molecule has 3 saturated carbocycles. The van der Waals surface area contributed by atoms with Gasteiger partial charge in [-0.25, -0.2) is 20.4 Å². The van der Waals surface area contributed by atoms with Gasteiger partial charge in [-0.3, -0.25) is 0 Å². The van der Waals surface area contributed by atoms with Gasteiger partial charge in [0, 0.05) is 0 Å². The second-order valence-corrected chi connectivity index (χ2v) is 7.98. The summed E-state index contributed by atoms with van der Waals surface area (Å²) in [4.78, 5) is 16.7. The zero-order valence-corrected chi connectivity index (χ0v) is 15.7. The molecule has 0 radical (unpaired) electrons. The highest BCUT2D eigenvalue weighted by atomic mass is 16.1. The molecule has 0 bridgehead atoms. The maximum atomic E-state index is 8.35. The number of isocyanates is 2. The Bertz CT molecular complexity index is 339. The molecular formula is C21H36N2O2. The highest BCUT2D eigenvalue weighted by molar-refractivity contribution is 5.26. The Balaban J connectivity index is 0.000000460. The molecule has 0 unspecified atom stereocenters.